The largest absolute Gasteiger partial charge is 0.347 e. The van der Waals surface area contributed by atoms with Crippen LogP contribution in [0.1, 0.15) is 18.5 Å². The molecule has 2 aromatic heterocycles. The average molecular weight is 321 g/mol. The maximum Gasteiger partial charge on any atom is 0.227 e. The summed E-state index contributed by atoms with van der Waals surface area (Å²) in [7, 11) is 0. The molecular weight excluding hydrogens is 302 g/mol. The Morgan fingerprint density at radius 1 is 1.29 bits per heavy atom. The van der Waals surface area contributed by atoms with Crippen molar-refractivity contribution in [3.8, 4) is 6.07 Å². The van der Waals surface area contributed by atoms with Gasteiger partial charge >= 0.3 is 0 Å². The first-order chi connectivity index (χ1) is 11.7. The van der Waals surface area contributed by atoms with Gasteiger partial charge in [0.15, 0.2) is 0 Å². The third-order valence-corrected chi connectivity index (χ3v) is 3.87. The van der Waals surface area contributed by atoms with Gasteiger partial charge in [-0.1, -0.05) is 18.2 Å². The molecule has 6 nitrogen and oxygen atoms in total. The fourth-order valence-electron chi connectivity index (χ4n) is 2.74. The average Bonchev–Trinajstić information content (AvgIpc) is 3.14. The molecule has 0 saturated carbocycles. The minimum Gasteiger partial charge on any atom is -0.347 e. The Balaban J connectivity index is 1.63. The first-order valence-corrected chi connectivity index (χ1v) is 7.92. The van der Waals surface area contributed by atoms with Gasteiger partial charge in [0.1, 0.15) is 5.82 Å². The second-order valence-corrected chi connectivity index (χ2v) is 5.67. The number of carbonyl (C=O) groups is 1. The number of aryl methyl sites for hydroxylation is 3. The van der Waals surface area contributed by atoms with Gasteiger partial charge < -0.3 is 9.88 Å². The van der Waals surface area contributed by atoms with Crippen LogP contribution in [0.25, 0.3) is 10.9 Å². The number of nitriles is 1. The number of anilines is 1. The summed E-state index contributed by atoms with van der Waals surface area (Å²) in [5.74, 6) is 0.580. The highest BCUT2D eigenvalue weighted by molar-refractivity contribution is 5.90. The van der Waals surface area contributed by atoms with E-state index >= 15 is 0 Å². The van der Waals surface area contributed by atoms with Crippen LogP contribution < -0.4 is 5.32 Å². The van der Waals surface area contributed by atoms with Gasteiger partial charge in [0.25, 0.3) is 0 Å². The van der Waals surface area contributed by atoms with E-state index in [1.165, 1.54) is 5.39 Å². The number of aromatic nitrogens is 3. The number of rotatable bonds is 6. The van der Waals surface area contributed by atoms with E-state index in [-0.39, 0.29) is 5.91 Å². The summed E-state index contributed by atoms with van der Waals surface area (Å²) in [6.07, 6.45) is 2.74. The Hall–Kier alpha value is -3.07. The Kier molecular flexibility index (Phi) is 4.62. The van der Waals surface area contributed by atoms with Gasteiger partial charge in [0.05, 0.1) is 24.7 Å². The summed E-state index contributed by atoms with van der Waals surface area (Å²) >= 11 is 0. The lowest BCUT2D eigenvalue weighted by Gasteiger charge is -2.08. The molecule has 0 fully saturated rings. The zero-order valence-corrected chi connectivity index (χ0v) is 13.6. The number of hydrogen-bond donors (Lipinski definition) is 1. The third-order valence-electron chi connectivity index (χ3n) is 3.87. The molecule has 0 aliphatic carbocycles. The van der Waals surface area contributed by atoms with E-state index in [2.05, 4.69) is 27.1 Å². The van der Waals surface area contributed by atoms with Gasteiger partial charge in [-0.3, -0.25) is 4.79 Å². The van der Waals surface area contributed by atoms with E-state index in [1.54, 1.807) is 4.68 Å². The molecule has 0 aliphatic heterocycles. The molecule has 2 heterocycles. The van der Waals surface area contributed by atoms with Gasteiger partial charge in [-0.05, 0) is 24.4 Å². The zero-order valence-electron chi connectivity index (χ0n) is 13.6. The highest BCUT2D eigenvalue weighted by atomic mass is 16.1. The molecule has 0 bridgehead atoms. The molecule has 0 unspecified atom stereocenters. The summed E-state index contributed by atoms with van der Waals surface area (Å²) in [5, 5.41) is 17.1. The number of nitrogens with zero attached hydrogens (tertiary/aromatic N) is 4. The summed E-state index contributed by atoms with van der Waals surface area (Å²) in [4.78, 5) is 12.2. The van der Waals surface area contributed by atoms with Crippen LogP contribution in [0.2, 0.25) is 0 Å². The van der Waals surface area contributed by atoms with Gasteiger partial charge in [-0.25, -0.2) is 4.68 Å². The van der Waals surface area contributed by atoms with Gasteiger partial charge in [0, 0.05) is 30.7 Å². The Morgan fingerprint density at radius 2 is 2.12 bits per heavy atom. The number of para-hydroxylation sites is 1. The maximum atomic E-state index is 12.2. The fraction of sp³-hybridized carbons (Fsp3) is 0.278. The number of carbonyl (C=O) groups excluding carboxylic acids is 1. The van der Waals surface area contributed by atoms with E-state index in [0.717, 1.165) is 11.2 Å². The molecule has 0 atom stereocenters. The van der Waals surface area contributed by atoms with Crippen molar-refractivity contribution in [2.75, 3.05) is 5.32 Å². The molecule has 0 radical (unpaired) electrons. The van der Waals surface area contributed by atoms with E-state index in [4.69, 9.17) is 5.26 Å². The normalized spacial score (nSPS) is 10.7. The molecule has 3 rings (SSSR count). The number of hydrogen-bond acceptors (Lipinski definition) is 3. The van der Waals surface area contributed by atoms with Crippen molar-refractivity contribution >= 4 is 22.6 Å². The van der Waals surface area contributed by atoms with Crippen LogP contribution in [0.5, 0.6) is 0 Å². The molecular formula is C18H19N5O. The van der Waals surface area contributed by atoms with Crippen molar-refractivity contribution in [2.24, 2.45) is 0 Å². The number of nitrogens with one attached hydrogen (secondary N) is 1. The first-order valence-electron chi connectivity index (χ1n) is 7.92. The van der Waals surface area contributed by atoms with Crippen LogP contribution in [0.15, 0.2) is 42.6 Å². The standard InChI is InChI=1S/C18H19N5O/c1-14-13-17(23(21-14)10-4-9-19)20-18(24)8-12-22-11-7-15-5-2-3-6-16(15)22/h2-3,5-7,11,13H,4,8,10,12H2,1H3,(H,20,24). The lowest BCUT2D eigenvalue weighted by Crippen LogP contribution is -2.17. The monoisotopic (exact) mass is 321 g/mol. The predicted molar refractivity (Wildman–Crippen MR) is 92.4 cm³/mol. The SMILES string of the molecule is Cc1cc(NC(=O)CCn2ccc3ccccc32)n(CCC#N)n1. The second-order valence-electron chi connectivity index (χ2n) is 5.67. The quantitative estimate of drug-likeness (QED) is 0.758. The zero-order chi connectivity index (χ0) is 16.9. The lowest BCUT2D eigenvalue weighted by molar-refractivity contribution is -0.116. The third kappa shape index (κ3) is 3.46. The Morgan fingerprint density at radius 3 is 2.96 bits per heavy atom. The molecule has 3 aromatic rings. The molecule has 0 saturated heterocycles. The molecule has 6 heteroatoms. The van der Waals surface area contributed by atoms with E-state index in [1.807, 2.05) is 43.5 Å². The predicted octanol–water partition coefficient (Wildman–Crippen LogP) is 3.09. The maximum absolute atomic E-state index is 12.2. The Bertz CT molecular complexity index is 900. The van der Waals surface area contributed by atoms with Gasteiger partial charge in [-0.15, -0.1) is 0 Å². The molecule has 0 spiro atoms. The smallest absolute Gasteiger partial charge is 0.227 e. The van der Waals surface area contributed by atoms with E-state index in [0.29, 0.717) is 31.7 Å². The van der Waals surface area contributed by atoms with Crippen molar-refractivity contribution in [2.45, 2.75) is 32.9 Å². The summed E-state index contributed by atoms with van der Waals surface area (Å²) in [6.45, 7) is 2.96. The molecule has 1 aromatic carbocycles. The van der Waals surface area contributed by atoms with Crippen molar-refractivity contribution in [3.05, 3.63) is 48.3 Å². The minimum absolute atomic E-state index is 0.0640. The van der Waals surface area contributed by atoms with Crippen LogP contribution in [0.4, 0.5) is 5.82 Å². The summed E-state index contributed by atoms with van der Waals surface area (Å²) < 4.78 is 3.74. The van der Waals surface area contributed by atoms with Crippen LogP contribution in [0.3, 0.4) is 0 Å². The second kappa shape index (κ2) is 7.01. The van der Waals surface area contributed by atoms with E-state index in [9.17, 15) is 4.79 Å². The van der Waals surface area contributed by atoms with Gasteiger partial charge in [0.2, 0.25) is 5.91 Å². The molecule has 1 amide bonds. The highest BCUT2D eigenvalue weighted by Gasteiger charge is 2.10. The van der Waals surface area contributed by atoms with Crippen LogP contribution in [-0.4, -0.2) is 20.3 Å². The van der Waals surface area contributed by atoms with Gasteiger partial charge in [-0.2, -0.15) is 10.4 Å². The van der Waals surface area contributed by atoms with E-state index < -0.39 is 0 Å². The highest BCUT2D eigenvalue weighted by Crippen LogP contribution is 2.16. The van der Waals surface area contributed by atoms with Crippen LogP contribution in [0, 0.1) is 18.3 Å². The summed E-state index contributed by atoms with van der Waals surface area (Å²) in [6, 6.07) is 14.1. The molecule has 1 N–H and O–H groups in total. The van der Waals surface area contributed by atoms with Crippen molar-refractivity contribution in [3.63, 3.8) is 0 Å². The lowest BCUT2D eigenvalue weighted by atomic mass is 10.2. The Labute approximate surface area is 140 Å². The number of benzene rings is 1. The fourth-order valence-corrected chi connectivity index (χ4v) is 2.74. The topological polar surface area (TPSA) is 75.6 Å². The molecule has 24 heavy (non-hydrogen) atoms. The van der Waals surface area contributed by atoms with Crippen LogP contribution in [-0.2, 0) is 17.9 Å². The van der Waals surface area contributed by atoms with Crippen LogP contribution >= 0.6 is 0 Å². The van der Waals surface area contributed by atoms with Crippen molar-refractivity contribution in [1.82, 2.24) is 14.3 Å². The molecule has 0 aliphatic rings. The number of amides is 1. The number of fused-ring (bicyclic) bond motifs is 1. The molecule has 122 valence electrons. The minimum atomic E-state index is -0.0640. The summed E-state index contributed by atoms with van der Waals surface area (Å²) in [5.41, 5.74) is 1.94. The van der Waals surface area contributed by atoms with Crippen molar-refractivity contribution in [1.29, 1.82) is 5.26 Å². The van der Waals surface area contributed by atoms with Crippen molar-refractivity contribution < 1.29 is 4.79 Å². The first kappa shape index (κ1) is 15.8.